The Labute approximate surface area is 266 Å². The summed E-state index contributed by atoms with van der Waals surface area (Å²) in [5, 5.41) is 38.1. The highest BCUT2D eigenvalue weighted by molar-refractivity contribution is 8.76. The van der Waals surface area contributed by atoms with Gasteiger partial charge in [0.05, 0.1) is 68.1 Å². The van der Waals surface area contributed by atoms with Crippen LogP contribution in [0.4, 0.5) is 0 Å². The van der Waals surface area contributed by atoms with Crippen molar-refractivity contribution >= 4 is 68.0 Å². The van der Waals surface area contributed by atoms with Crippen LogP contribution in [0.1, 0.15) is 13.8 Å². The topological polar surface area (TPSA) is 123 Å². The van der Waals surface area contributed by atoms with Gasteiger partial charge in [-0.25, -0.2) is 9.36 Å². The number of halogens is 4. The molecule has 0 aliphatic heterocycles. The van der Waals surface area contributed by atoms with Crippen molar-refractivity contribution in [2.75, 3.05) is 0 Å². The summed E-state index contributed by atoms with van der Waals surface area (Å²) in [5.41, 5.74) is 2.76. The lowest BCUT2D eigenvalue weighted by Gasteiger charge is -2.11. The van der Waals surface area contributed by atoms with Gasteiger partial charge >= 0.3 is 0 Å². The maximum atomic E-state index is 6.36. The largest absolute Gasteiger partial charge is 0.226 e. The standard InChI is InChI=1S/C24H18Cl4N12S2/c1-3-37-33-21(31-35-37)15-11-29-39(13-5-7-17(25)19(27)9-13)23(15)41-42-24-16(22-32-36-38(4-2)34-22)12-30-40(24)14-6-8-18(26)20(28)10-14/h5-12H,3-4H2,1-2H3. The molecule has 0 radical (unpaired) electrons. The molecule has 42 heavy (non-hydrogen) atoms. The summed E-state index contributed by atoms with van der Waals surface area (Å²) in [6.45, 7) is 5.01. The SMILES string of the molecule is CCn1nnc(-c2cnn(-c3ccc(Cl)c(Cl)c3)c2SSc2c(-c3nnn(CC)n3)cnn2-c2ccc(Cl)c(Cl)c2)n1. The van der Waals surface area contributed by atoms with Gasteiger partial charge in [-0.2, -0.15) is 19.8 Å². The van der Waals surface area contributed by atoms with Crippen molar-refractivity contribution in [1.29, 1.82) is 0 Å². The first-order valence-electron chi connectivity index (χ1n) is 12.3. The molecule has 6 aromatic rings. The Morgan fingerprint density at radius 2 is 1.05 bits per heavy atom. The summed E-state index contributed by atoms with van der Waals surface area (Å²) >= 11 is 25.1. The third-order valence-corrected chi connectivity index (χ3v) is 9.76. The molecule has 4 aromatic heterocycles. The van der Waals surface area contributed by atoms with Crippen molar-refractivity contribution in [3.63, 3.8) is 0 Å². The summed E-state index contributed by atoms with van der Waals surface area (Å²) in [6.07, 6.45) is 3.38. The van der Waals surface area contributed by atoms with Crippen LogP contribution in [0.2, 0.25) is 20.1 Å². The number of hydrogen-bond acceptors (Lipinski definition) is 10. The molecule has 0 aliphatic rings. The fraction of sp³-hybridized carbons (Fsp3) is 0.167. The fourth-order valence-corrected chi connectivity index (χ4v) is 6.88. The van der Waals surface area contributed by atoms with Gasteiger partial charge in [0.1, 0.15) is 10.1 Å². The number of aromatic nitrogens is 12. The molecule has 0 saturated heterocycles. The lowest BCUT2D eigenvalue weighted by molar-refractivity contribution is 0.552. The van der Waals surface area contributed by atoms with Crippen LogP contribution >= 0.6 is 68.0 Å². The van der Waals surface area contributed by atoms with E-state index in [0.717, 1.165) is 0 Å². The number of hydrogen-bond donors (Lipinski definition) is 0. The lowest BCUT2D eigenvalue weighted by Crippen LogP contribution is -2.00. The van der Waals surface area contributed by atoms with Gasteiger partial charge in [0.15, 0.2) is 0 Å². The fourth-order valence-electron chi connectivity index (χ4n) is 3.79. The second kappa shape index (κ2) is 12.2. The van der Waals surface area contributed by atoms with Crippen LogP contribution in [0.5, 0.6) is 0 Å². The second-order valence-electron chi connectivity index (χ2n) is 8.52. The van der Waals surface area contributed by atoms with Crippen LogP contribution in [-0.4, -0.2) is 60.0 Å². The normalized spacial score (nSPS) is 11.5. The highest BCUT2D eigenvalue weighted by Crippen LogP contribution is 2.46. The monoisotopic (exact) mass is 678 g/mol. The molecule has 0 fully saturated rings. The summed E-state index contributed by atoms with van der Waals surface area (Å²) in [7, 11) is 2.83. The first kappa shape index (κ1) is 29.0. The summed E-state index contributed by atoms with van der Waals surface area (Å²) < 4.78 is 3.49. The van der Waals surface area contributed by atoms with Gasteiger partial charge in [-0.15, -0.1) is 20.4 Å². The minimum atomic E-state index is 0.398. The summed E-state index contributed by atoms with van der Waals surface area (Å²) in [6, 6.07) is 10.6. The quantitative estimate of drug-likeness (QED) is 0.150. The Bertz CT molecular complexity index is 1760. The van der Waals surface area contributed by atoms with Gasteiger partial charge < -0.3 is 0 Å². The first-order chi connectivity index (χ1) is 20.4. The molecule has 0 bridgehead atoms. The molecule has 12 nitrogen and oxygen atoms in total. The third kappa shape index (κ3) is 5.62. The van der Waals surface area contributed by atoms with E-state index >= 15 is 0 Å². The van der Waals surface area contributed by atoms with Crippen LogP contribution in [-0.2, 0) is 13.1 Å². The number of aryl methyl sites for hydroxylation is 2. The van der Waals surface area contributed by atoms with E-state index in [0.29, 0.717) is 77.4 Å². The Kier molecular flexibility index (Phi) is 8.43. The van der Waals surface area contributed by atoms with Gasteiger partial charge in [0, 0.05) is 0 Å². The van der Waals surface area contributed by atoms with Crippen molar-refractivity contribution in [2.24, 2.45) is 0 Å². The van der Waals surface area contributed by atoms with Crippen LogP contribution in [0.25, 0.3) is 34.2 Å². The van der Waals surface area contributed by atoms with Crippen molar-refractivity contribution in [1.82, 2.24) is 60.0 Å². The van der Waals surface area contributed by atoms with Crippen molar-refractivity contribution < 1.29 is 0 Å². The molecule has 0 unspecified atom stereocenters. The molecule has 0 N–H and O–H groups in total. The average Bonchev–Trinajstić information content (AvgIpc) is 3.80. The molecule has 18 heteroatoms. The van der Waals surface area contributed by atoms with Gasteiger partial charge in [-0.1, -0.05) is 46.4 Å². The summed E-state index contributed by atoms with van der Waals surface area (Å²) in [4.78, 5) is 3.02. The van der Waals surface area contributed by atoms with E-state index in [1.165, 1.54) is 31.2 Å². The molecule has 6 rings (SSSR count). The van der Waals surface area contributed by atoms with Crippen molar-refractivity contribution in [3.8, 4) is 34.2 Å². The first-order valence-corrected chi connectivity index (χ1v) is 16.0. The van der Waals surface area contributed by atoms with E-state index in [2.05, 4.69) is 41.0 Å². The molecular formula is C24H18Cl4N12S2. The third-order valence-electron chi connectivity index (χ3n) is 5.90. The van der Waals surface area contributed by atoms with Crippen molar-refractivity contribution in [3.05, 3.63) is 68.9 Å². The number of nitrogens with zero attached hydrogens (tertiary/aromatic N) is 12. The Balaban J connectivity index is 1.46. The highest BCUT2D eigenvalue weighted by atomic mass is 35.5. The number of rotatable bonds is 9. The van der Waals surface area contributed by atoms with E-state index in [9.17, 15) is 0 Å². The van der Waals surface area contributed by atoms with Gasteiger partial charge in [0.25, 0.3) is 0 Å². The maximum Gasteiger partial charge on any atom is 0.209 e. The van der Waals surface area contributed by atoms with Gasteiger partial charge in [-0.3, -0.25) is 0 Å². The zero-order valence-electron chi connectivity index (χ0n) is 21.7. The molecule has 0 spiro atoms. The zero-order valence-corrected chi connectivity index (χ0v) is 26.4. The molecule has 0 atom stereocenters. The zero-order chi connectivity index (χ0) is 29.4. The van der Waals surface area contributed by atoms with Crippen LogP contribution in [0.3, 0.4) is 0 Å². The van der Waals surface area contributed by atoms with Crippen LogP contribution < -0.4 is 0 Å². The van der Waals surface area contributed by atoms with E-state index < -0.39 is 0 Å². The molecule has 0 aliphatic carbocycles. The number of tetrazole rings is 2. The summed E-state index contributed by atoms with van der Waals surface area (Å²) in [5.74, 6) is 0.856. The van der Waals surface area contributed by atoms with E-state index in [1.807, 2.05) is 26.0 Å². The van der Waals surface area contributed by atoms with E-state index in [-0.39, 0.29) is 0 Å². The molecule has 2 aromatic carbocycles. The minimum absolute atomic E-state index is 0.398. The molecule has 214 valence electrons. The Hall–Kier alpha value is -3.14. The average molecular weight is 680 g/mol. The van der Waals surface area contributed by atoms with Crippen molar-refractivity contribution in [2.45, 2.75) is 37.0 Å². The van der Waals surface area contributed by atoms with E-state index in [1.54, 1.807) is 46.0 Å². The lowest BCUT2D eigenvalue weighted by atomic mass is 10.3. The molecule has 4 heterocycles. The van der Waals surface area contributed by atoms with E-state index in [4.69, 9.17) is 46.4 Å². The smallest absolute Gasteiger partial charge is 0.209 e. The Morgan fingerprint density at radius 3 is 1.40 bits per heavy atom. The molecule has 0 amide bonds. The maximum absolute atomic E-state index is 6.36. The van der Waals surface area contributed by atoms with Gasteiger partial charge in [0.2, 0.25) is 11.6 Å². The highest BCUT2D eigenvalue weighted by Gasteiger charge is 2.24. The second-order valence-corrected chi connectivity index (χ2v) is 12.3. The molecular weight excluding hydrogens is 662 g/mol. The Morgan fingerprint density at radius 1 is 0.619 bits per heavy atom. The predicted molar refractivity (Wildman–Crippen MR) is 164 cm³/mol. The predicted octanol–water partition coefficient (Wildman–Crippen LogP) is 6.82. The molecule has 0 saturated carbocycles. The van der Waals surface area contributed by atoms with Crippen LogP contribution in [0.15, 0.2) is 58.8 Å². The number of benzene rings is 2. The van der Waals surface area contributed by atoms with Gasteiger partial charge in [-0.05, 0) is 82.3 Å². The minimum Gasteiger partial charge on any atom is -0.226 e. The van der Waals surface area contributed by atoms with Crippen LogP contribution in [0, 0.1) is 0 Å².